The maximum absolute atomic E-state index is 11.8. The van der Waals surface area contributed by atoms with Gasteiger partial charge in [-0.3, -0.25) is 4.79 Å². The monoisotopic (exact) mass is 433 g/mol. The molecule has 0 aliphatic carbocycles. The fraction of sp³-hybridized carbons (Fsp3) is 0.286. The van der Waals surface area contributed by atoms with E-state index in [4.69, 9.17) is 16.3 Å². The highest BCUT2D eigenvalue weighted by atomic mass is 79.9. The van der Waals surface area contributed by atoms with Crippen molar-refractivity contribution >= 4 is 56.1 Å². The number of rotatable bonds is 7. The summed E-state index contributed by atoms with van der Waals surface area (Å²) in [5.41, 5.74) is 0. The highest BCUT2D eigenvalue weighted by Crippen LogP contribution is 2.27. The molecule has 0 atom stereocenters. The summed E-state index contributed by atoms with van der Waals surface area (Å²) in [6.45, 7) is 0.346. The van der Waals surface area contributed by atoms with Crippen molar-refractivity contribution in [1.29, 1.82) is 0 Å². The molecule has 1 N–H and O–H groups in total. The molecule has 2 rings (SSSR count). The smallest absolute Gasteiger partial charge is 0.377 e. The van der Waals surface area contributed by atoms with Crippen molar-refractivity contribution in [3.8, 4) is 5.75 Å². The van der Waals surface area contributed by atoms with E-state index in [-0.39, 0.29) is 23.3 Å². The topological polar surface area (TPSA) is 90.4 Å². The van der Waals surface area contributed by atoms with Crippen LogP contribution in [0.15, 0.2) is 22.7 Å². The van der Waals surface area contributed by atoms with Crippen molar-refractivity contribution in [1.82, 2.24) is 9.36 Å². The maximum Gasteiger partial charge on any atom is 0.377 e. The van der Waals surface area contributed by atoms with Crippen LogP contribution >= 0.6 is 39.1 Å². The molecule has 0 radical (unpaired) electrons. The lowest BCUT2D eigenvalue weighted by molar-refractivity contribution is -0.116. The number of benzene rings is 1. The van der Waals surface area contributed by atoms with Gasteiger partial charge in [-0.25, -0.2) is 4.79 Å². The van der Waals surface area contributed by atoms with Crippen molar-refractivity contribution < 1.29 is 19.1 Å². The predicted octanol–water partition coefficient (Wildman–Crippen LogP) is 3.54. The molecule has 1 heterocycles. The van der Waals surface area contributed by atoms with Gasteiger partial charge in [0.1, 0.15) is 5.75 Å². The first-order chi connectivity index (χ1) is 11.5. The second-order valence-electron chi connectivity index (χ2n) is 4.49. The number of carbonyl (C=O) groups excluding carboxylic acids is 2. The molecule has 2 aromatic rings. The summed E-state index contributed by atoms with van der Waals surface area (Å²) in [4.78, 5) is 26.9. The van der Waals surface area contributed by atoms with Crippen LogP contribution in [-0.4, -0.2) is 35.0 Å². The average Bonchev–Trinajstić information content (AvgIpc) is 3.01. The SMILES string of the molecule is COC(=O)c1nsc(NC(=O)CCCOc2ccc(Br)cc2Cl)n1. The Morgan fingerprint density at radius 3 is 2.92 bits per heavy atom. The Morgan fingerprint density at radius 1 is 1.42 bits per heavy atom. The van der Waals surface area contributed by atoms with Crippen LogP contribution < -0.4 is 10.1 Å². The molecule has 1 aromatic carbocycles. The minimum atomic E-state index is -0.647. The van der Waals surface area contributed by atoms with Crippen LogP contribution in [0.5, 0.6) is 5.75 Å². The molecule has 1 amide bonds. The molecule has 0 saturated carbocycles. The summed E-state index contributed by atoms with van der Waals surface area (Å²) in [5.74, 6) is -0.405. The average molecular weight is 435 g/mol. The summed E-state index contributed by atoms with van der Waals surface area (Å²) in [6, 6.07) is 5.31. The van der Waals surface area contributed by atoms with E-state index in [0.29, 0.717) is 23.8 Å². The van der Waals surface area contributed by atoms with E-state index in [1.165, 1.54) is 7.11 Å². The molecular weight excluding hydrogens is 422 g/mol. The molecule has 0 unspecified atom stereocenters. The molecule has 128 valence electrons. The third-order valence-corrected chi connectivity index (χ3v) is 4.16. The fourth-order valence-corrected chi connectivity index (χ4v) is 2.94. The highest BCUT2D eigenvalue weighted by molar-refractivity contribution is 9.10. The zero-order valence-corrected chi connectivity index (χ0v) is 15.7. The quantitative estimate of drug-likeness (QED) is 0.529. The Balaban J connectivity index is 1.73. The van der Waals surface area contributed by atoms with Crippen molar-refractivity contribution in [3.63, 3.8) is 0 Å². The standard InChI is InChI=1S/C14H13BrClN3O4S/c1-22-13(21)12-18-14(24-19-12)17-11(20)3-2-6-23-10-5-4-8(15)7-9(10)16/h4-5,7H,2-3,6H2,1H3,(H,17,18,19,20). The third kappa shape index (κ3) is 5.43. The van der Waals surface area contributed by atoms with Crippen molar-refractivity contribution in [2.45, 2.75) is 12.8 Å². The summed E-state index contributed by atoms with van der Waals surface area (Å²) >= 11 is 10.3. The maximum atomic E-state index is 11.8. The van der Waals surface area contributed by atoms with Crippen LogP contribution in [0.1, 0.15) is 23.5 Å². The second-order valence-corrected chi connectivity index (χ2v) is 6.56. The van der Waals surface area contributed by atoms with E-state index in [0.717, 1.165) is 16.0 Å². The van der Waals surface area contributed by atoms with Crippen LogP contribution in [0, 0.1) is 0 Å². The van der Waals surface area contributed by atoms with Gasteiger partial charge in [0.15, 0.2) is 0 Å². The summed E-state index contributed by atoms with van der Waals surface area (Å²) in [6.07, 6.45) is 0.738. The molecule has 1 aromatic heterocycles. The van der Waals surface area contributed by atoms with Gasteiger partial charge in [0.05, 0.1) is 18.7 Å². The minimum absolute atomic E-state index is 0.0778. The number of hydrogen-bond donors (Lipinski definition) is 1. The van der Waals surface area contributed by atoms with Crippen LogP contribution in [0.3, 0.4) is 0 Å². The number of methoxy groups -OCH3 is 1. The summed E-state index contributed by atoms with van der Waals surface area (Å²) in [5, 5.41) is 3.31. The number of hydrogen-bond acceptors (Lipinski definition) is 7. The van der Waals surface area contributed by atoms with Crippen LogP contribution in [0.2, 0.25) is 5.02 Å². The molecule has 0 bridgehead atoms. The van der Waals surface area contributed by atoms with Crippen LogP contribution in [0.4, 0.5) is 5.13 Å². The lowest BCUT2D eigenvalue weighted by atomic mass is 10.3. The van der Waals surface area contributed by atoms with E-state index in [2.05, 4.69) is 35.3 Å². The lowest BCUT2D eigenvalue weighted by Gasteiger charge is -2.08. The molecule has 0 fully saturated rings. The number of amides is 1. The molecule has 0 saturated heterocycles. The predicted molar refractivity (Wildman–Crippen MR) is 93.8 cm³/mol. The third-order valence-electron chi connectivity index (χ3n) is 2.74. The number of carbonyl (C=O) groups is 2. The van der Waals surface area contributed by atoms with E-state index < -0.39 is 5.97 Å². The highest BCUT2D eigenvalue weighted by Gasteiger charge is 2.14. The first-order valence-corrected chi connectivity index (χ1v) is 8.73. The van der Waals surface area contributed by atoms with Crippen LogP contribution in [0.25, 0.3) is 0 Å². The second kappa shape index (κ2) is 8.95. The molecule has 24 heavy (non-hydrogen) atoms. The van der Waals surface area contributed by atoms with Gasteiger partial charge >= 0.3 is 5.97 Å². The van der Waals surface area contributed by atoms with Gasteiger partial charge in [-0.15, -0.1) is 0 Å². The van der Waals surface area contributed by atoms with Crippen molar-refractivity contribution in [2.24, 2.45) is 0 Å². The Bertz CT molecular complexity index is 741. The minimum Gasteiger partial charge on any atom is -0.492 e. The number of anilines is 1. The first kappa shape index (κ1) is 18.6. The van der Waals surface area contributed by atoms with Gasteiger partial charge in [0, 0.05) is 22.4 Å². The van der Waals surface area contributed by atoms with Gasteiger partial charge in [0.2, 0.25) is 11.0 Å². The van der Waals surface area contributed by atoms with Gasteiger partial charge < -0.3 is 14.8 Å². The van der Waals surface area contributed by atoms with Crippen molar-refractivity contribution in [3.05, 3.63) is 33.5 Å². The van der Waals surface area contributed by atoms with Gasteiger partial charge in [-0.2, -0.15) is 9.36 Å². The van der Waals surface area contributed by atoms with Gasteiger partial charge in [-0.05, 0) is 24.6 Å². The number of halogens is 2. The molecule has 0 aliphatic heterocycles. The normalized spacial score (nSPS) is 10.3. The number of esters is 1. The zero-order chi connectivity index (χ0) is 17.5. The summed E-state index contributed by atoms with van der Waals surface area (Å²) in [7, 11) is 1.24. The van der Waals surface area contributed by atoms with Gasteiger partial charge in [-0.1, -0.05) is 27.5 Å². The first-order valence-electron chi connectivity index (χ1n) is 6.79. The molecule has 0 spiro atoms. The lowest BCUT2D eigenvalue weighted by Crippen LogP contribution is -2.13. The molecule has 7 nitrogen and oxygen atoms in total. The Morgan fingerprint density at radius 2 is 2.21 bits per heavy atom. The van der Waals surface area contributed by atoms with E-state index in [1.54, 1.807) is 12.1 Å². The number of ether oxygens (including phenoxy) is 2. The Kier molecular flexibility index (Phi) is 6.95. The number of nitrogens with one attached hydrogen (secondary N) is 1. The Hall–Kier alpha value is -1.71. The van der Waals surface area contributed by atoms with E-state index >= 15 is 0 Å². The Labute approximate surface area is 155 Å². The number of aromatic nitrogens is 2. The summed E-state index contributed by atoms with van der Waals surface area (Å²) < 4.78 is 14.7. The largest absolute Gasteiger partial charge is 0.492 e. The molecule has 10 heteroatoms. The van der Waals surface area contributed by atoms with Gasteiger partial charge in [0.25, 0.3) is 5.82 Å². The van der Waals surface area contributed by atoms with Crippen molar-refractivity contribution in [2.75, 3.05) is 19.0 Å². The zero-order valence-electron chi connectivity index (χ0n) is 12.5. The van der Waals surface area contributed by atoms with Crippen LogP contribution in [-0.2, 0) is 9.53 Å². The number of nitrogens with zero attached hydrogens (tertiary/aromatic N) is 2. The van der Waals surface area contributed by atoms with E-state index in [9.17, 15) is 9.59 Å². The molecule has 0 aliphatic rings. The molecular formula is C14H13BrClN3O4S. The van der Waals surface area contributed by atoms with E-state index in [1.807, 2.05) is 6.07 Å². The fourth-order valence-electron chi connectivity index (χ4n) is 1.64.